The molecule has 0 atom stereocenters. The Hall–Kier alpha value is -1.36. The van der Waals surface area contributed by atoms with Gasteiger partial charge in [-0.15, -0.1) is 0 Å². The van der Waals surface area contributed by atoms with E-state index in [-0.39, 0.29) is 5.41 Å². The second kappa shape index (κ2) is 6.70. The van der Waals surface area contributed by atoms with Gasteiger partial charge in [-0.1, -0.05) is 20.8 Å². The van der Waals surface area contributed by atoms with Crippen LogP contribution in [0.3, 0.4) is 0 Å². The number of nitrogens with zero attached hydrogens (tertiary/aromatic N) is 3. The number of nitrogens with one attached hydrogen (secondary N) is 1. The standard InChI is InChI=1S/C14H27N5/c1-6-7-12-17-11(15)8-13(18-12)16-9-14(2,3)10-19(4)5/h8H,6-7,9-10H2,1-5H3,(H3,15,16,17,18). The van der Waals surface area contributed by atoms with Gasteiger partial charge < -0.3 is 16.0 Å². The van der Waals surface area contributed by atoms with E-state index in [1.807, 2.05) is 0 Å². The van der Waals surface area contributed by atoms with Gasteiger partial charge in [0.15, 0.2) is 0 Å². The van der Waals surface area contributed by atoms with Gasteiger partial charge in [-0.25, -0.2) is 9.97 Å². The monoisotopic (exact) mass is 265 g/mol. The molecule has 0 aliphatic rings. The van der Waals surface area contributed by atoms with Crippen LogP contribution in [0.2, 0.25) is 0 Å². The summed E-state index contributed by atoms with van der Waals surface area (Å²) in [5, 5.41) is 3.37. The number of nitrogens with two attached hydrogens (primary N) is 1. The zero-order valence-electron chi connectivity index (χ0n) is 12.8. The van der Waals surface area contributed by atoms with Crippen molar-refractivity contribution >= 4 is 11.6 Å². The molecule has 0 aromatic carbocycles. The van der Waals surface area contributed by atoms with Crippen LogP contribution in [0.1, 0.15) is 33.0 Å². The summed E-state index contributed by atoms with van der Waals surface area (Å²) < 4.78 is 0. The molecule has 1 aromatic rings. The van der Waals surface area contributed by atoms with E-state index in [2.05, 4.69) is 55.1 Å². The van der Waals surface area contributed by atoms with E-state index in [0.29, 0.717) is 5.82 Å². The predicted octanol–water partition coefficient (Wildman–Crippen LogP) is 2.01. The maximum absolute atomic E-state index is 5.81. The Morgan fingerprint density at radius 3 is 2.58 bits per heavy atom. The van der Waals surface area contributed by atoms with E-state index in [1.165, 1.54) is 0 Å². The number of aryl methyl sites for hydroxylation is 1. The van der Waals surface area contributed by atoms with Crippen molar-refractivity contribution in [2.45, 2.75) is 33.6 Å². The lowest BCUT2D eigenvalue weighted by Gasteiger charge is -2.28. The summed E-state index contributed by atoms with van der Waals surface area (Å²) in [7, 11) is 4.17. The van der Waals surface area contributed by atoms with Crippen LogP contribution in [0.4, 0.5) is 11.6 Å². The number of anilines is 2. The Morgan fingerprint density at radius 2 is 2.00 bits per heavy atom. The van der Waals surface area contributed by atoms with Gasteiger partial charge in [0.25, 0.3) is 0 Å². The number of hydrogen-bond acceptors (Lipinski definition) is 5. The van der Waals surface area contributed by atoms with Gasteiger partial charge in [0, 0.05) is 25.6 Å². The molecule has 5 heteroatoms. The highest BCUT2D eigenvalue weighted by Crippen LogP contribution is 2.18. The molecule has 1 rings (SSSR count). The summed E-state index contributed by atoms with van der Waals surface area (Å²) in [6.07, 6.45) is 1.88. The molecule has 0 unspecified atom stereocenters. The smallest absolute Gasteiger partial charge is 0.133 e. The lowest BCUT2D eigenvalue weighted by molar-refractivity contribution is 0.254. The summed E-state index contributed by atoms with van der Waals surface area (Å²) in [6.45, 7) is 8.45. The molecule has 0 aliphatic heterocycles. The lowest BCUT2D eigenvalue weighted by atomic mass is 9.93. The zero-order valence-corrected chi connectivity index (χ0v) is 12.8. The number of nitrogen functional groups attached to an aromatic ring is 1. The van der Waals surface area contributed by atoms with Gasteiger partial charge in [0.1, 0.15) is 17.5 Å². The van der Waals surface area contributed by atoms with Gasteiger partial charge in [0.05, 0.1) is 0 Å². The van der Waals surface area contributed by atoms with E-state index in [1.54, 1.807) is 6.07 Å². The van der Waals surface area contributed by atoms with Crippen LogP contribution in [0.25, 0.3) is 0 Å². The van der Waals surface area contributed by atoms with Gasteiger partial charge >= 0.3 is 0 Å². The molecule has 108 valence electrons. The molecule has 5 nitrogen and oxygen atoms in total. The predicted molar refractivity (Wildman–Crippen MR) is 81.3 cm³/mol. The van der Waals surface area contributed by atoms with E-state index in [4.69, 9.17) is 5.73 Å². The third-order valence-corrected chi connectivity index (χ3v) is 2.76. The average Bonchev–Trinajstić information content (AvgIpc) is 2.24. The van der Waals surface area contributed by atoms with Crippen LogP contribution in [0, 0.1) is 5.41 Å². The quantitative estimate of drug-likeness (QED) is 0.789. The van der Waals surface area contributed by atoms with Crippen LogP contribution in [-0.2, 0) is 6.42 Å². The van der Waals surface area contributed by atoms with E-state index in [0.717, 1.165) is 37.6 Å². The van der Waals surface area contributed by atoms with Gasteiger partial charge in [-0.3, -0.25) is 0 Å². The molecule has 0 bridgehead atoms. The molecule has 19 heavy (non-hydrogen) atoms. The minimum absolute atomic E-state index is 0.175. The molecule has 0 saturated carbocycles. The van der Waals surface area contributed by atoms with E-state index in [9.17, 15) is 0 Å². The maximum atomic E-state index is 5.81. The first kappa shape index (κ1) is 15.7. The Morgan fingerprint density at radius 1 is 1.32 bits per heavy atom. The third kappa shape index (κ3) is 5.87. The van der Waals surface area contributed by atoms with Crippen molar-refractivity contribution in [3.05, 3.63) is 11.9 Å². The fraction of sp³-hybridized carbons (Fsp3) is 0.714. The second-order valence-electron chi connectivity index (χ2n) is 6.10. The Kier molecular flexibility index (Phi) is 5.54. The maximum Gasteiger partial charge on any atom is 0.133 e. The number of aromatic nitrogens is 2. The SMILES string of the molecule is CCCc1nc(N)cc(NCC(C)(C)CN(C)C)n1. The van der Waals surface area contributed by atoms with Crippen molar-refractivity contribution < 1.29 is 0 Å². The zero-order chi connectivity index (χ0) is 14.5. The molecular weight excluding hydrogens is 238 g/mol. The first-order valence-corrected chi connectivity index (χ1v) is 6.84. The molecule has 0 aliphatic carbocycles. The number of rotatable bonds is 7. The topological polar surface area (TPSA) is 67.1 Å². The number of hydrogen-bond donors (Lipinski definition) is 2. The summed E-state index contributed by atoms with van der Waals surface area (Å²) in [6, 6.07) is 1.80. The molecule has 0 radical (unpaired) electrons. The molecule has 0 spiro atoms. The summed E-state index contributed by atoms with van der Waals surface area (Å²) in [5.74, 6) is 2.17. The summed E-state index contributed by atoms with van der Waals surface area (Å²) in [4.78, 5) is 10.9. The van der Waals surface area contributed by atoms with Crippen molar-refractivity contribution in [2.24, 2.45) is 5.41 Å². The normalized spacial score (nSPS) is 11.9. The van der Waals surface area contributed by atoms with E-state index < -0.39 is 0 Å². The van der Waals surface area contributed by atoms with Gasteiger partial charge in [0.2, 0.25) is 0 Å². The molecule has 0 fully saturated rings. The minimum atomic E-state index is 0.175. The Balaban J connectivity index is 2.66. The van der Waals surface area contributed by atoms with Crippen LogP contribution in [0.5, 0.6) is 0 Å². The van der Waals surface area contributed by atoms with Crippen molar-refractivity contribution in [2.75, 3.05) is 38.2 Å². The molecule has 0 saturated heterocycles. The fourth-order valence-corrected chi connectivity index (χ4v) is 2.19. The van der Waals surface area contributed by atoms with Crippen LogP contribution in [-0.4, -0.2) is 42.1 Å². The second-order valence-corrected chi connectivity index (χ2v) is 6.10. The van der Waals surface area contributed by atoms with Crippen molar-refractivity contribution in [3.63, 3.8) is 0 Å². The average molecular weight is 265 g/mol. The Labute approximate surface area is 116 Å². The van der Waals surface area contributed by atoms with Gasteiger partial charge in [-0.2, -0.15) is 0 Å². The highest BCUT2D eigenvalue weighted by atomic mass is 15.1. The third-order valence-electron chi connectivity index (χ3n) is 2.76. The van der Waals surface area contributed by atoms with Gasteiger partial charge in [-0.05, 0) is 25.9 Å². The molecule has 0 amide bonds. The van der Waals surface area contributed by atoms with Crippen molar-refractivity contribution in [3.8, 4) is 0 Å². The molecular formula is C14H27N5. The largest absolute Gasteiger partial charge is 0.384 e. The first-order chi connectivity index (χ1) is 8.82. The molecule has 3 N–H and O–H groups in total. The first-order valence-electron chi connectivity index (χ1n) is 6.84. The Bertz CT molecular complexity index is 401. The fourth-order valence-electron chi connectivity index (χ4n) is 2.19. The van der Waals surface area contributed by atoms with Crippen LogP contribution < -0.4 is 11.1 Å². The van der Waals surface area contributed by atoms with Crippen LogP contribution in [0.15, 0.2) is 6.07 Å². The minimum Gasteiger partial charge on any atom is -0.384 e. The van der Waals surface area contributed by atoms with Crippen LogP contribution >= 0.6 is 0 Å². The summed E-state index contributed by atoms with van der Waals surface area (Å²) in [5.41, 5.74) is 5.99. The van der Waals surface area contributed by atoms with E-state index >= 15 is 0 Å². The lowest BCUT2D eigenvalue weighted by Crippen LogP contribution is -2.34. The summed E-state index contributed by atoms with van der Waals surface area (Å²) >= 11 is 0. The highest BCUT2D eigenvalue weighted by molar-refractivity contribution is 5.44. The van der Waals surface area contributed by atoms with Crippen molar-refractivity contribution in [1.82, 2.24) is 14.9 Å². The molecule has 1 aromatic heterocycles. The van der Waals surface area contributed by atoms with Crippen molar-refractivity contribution in [1.29, 1.82) is 0 Å². The highest BCUT2D eigenvalue weighted by Gasteiger charge is 2.18. The molecule has 1 heterocycles.